The predicted octanol–water partition coefficient (Wildman–Crippen LogP) is 14.4. The SMILES string of the molecule is CC1(C)c2cc(-c3cc(-c4nc5ccccc5o4)cc(-c4nc5ccccc5o4)c3)ccc2-c2ccc(-c3ccc4c(c3)C(C)(C)c3c-4ccc4ccccc34)cc21. The van der Waals surface area contributed by atoms with E-state index in [0.29, 0.717) is 11.8 Å². The first-order valence-electron chi connectivity index (χ1n) is 20.0. The Morgan fingerprint density at radius 2 is 0.828 bits per heavy atom. The van der Waals surface area contributed by atoms with Gasteiger partial charge < -0.3 is 8.83 Å². The van der Waals surface area contributed by atoms with Crippen molar-refractivity contribution in [2.75, 3.05) is 0 Å². The Balaban J connectivity index is 0.941. The summed E-state index contributed by atoms with van der Waals surface area (Å²) in [4.78, 5) is 9.74. The Bertz CT molecular complexity index is 3200. The van der Waals surface area contributed by atoms with E-state index in [1.165, 1.54) is 66.4 Å². The number of para-hydroxylation sites is 4. The van der Waals surface area contributed by atoms with Gasteiger partial charge in [-0.3, -0.25) is 0 Å². The molecule has 2 aromatic heterocycles. The minimum atomic E-state index is -0.219. The van der Waals surface area contributed by atoms with Gasteiger partial charge in [0.15, 0.2) is 11.2 Å². The Morgan fingerprint density at radius 1 is 0.379 bits per heavy atom. The van der Waals surface area contributed by atoms with Crippen LogP contribution in [-0.2, 0) is 10.8 Å². The van der Waals surface area contributed by atoms with Crippen molar-refractivity contribution in [3.8, 4) is 67.4 Å². The van der Waals surface area contributed by atoms with Crippen LogP contribution in [0.5, 0.6) is 0 Å². The molecule has 0 saturated carbocycles. The molecule has 0 amide bonds. The van der Waals surface area contributed by atoms with E-state index in [1.807, 2.05) is 48.5 Å². The minimum Gasteiger partial charge on any atom is -0.436 e. The van der Waals surface area contributed by atoms with Crippen molar-refractivity contribution in [1.82, 2.24) is 9.97 Å². The lowest BCUT2D eigenvalue weighted by atomic mass is 9.79. The van der Waals surface area contributed by atoms with Gasteiger partial charge in [-0.15, -0.1) is 0 Å². The summed E-state index contributed by atoms with van der Waals surface area (Å²) < 4.78 is 12.6. The molecule has 2 heterocycles. The highest BCUT2D eigenvalue weighted by Crippen LogP contribution is 2.54. The van der Waals surface area contributed by atoms with Crippen LogP contribution >= 0.6 is 0 Å². The molecule has 0 fully saturated rings. The molecule has 4 nitrogen and oxygen atoms in total. The molecule has 0 bridgehead atoms. The van der Waals surface area contributed by atoms with Gasteiger partial charge in [-0.1, -0.05) is 125 Å². The standard InChI is InChI=1S/C54H38N2O2/c1-53(2)43-28-32(33-19-23-41-42-24-17-31-11-5-6-12-38(31)50(42)54(3,4)45(41)29-33)18-21-39(43)40-22-20-34(30-44(40)53)35-25-36(51-55-46-13-7-9-15-48(46)57-51)27-37(26-35)52-56-47-14-8-10-16-49(47)58-52/h5-30H,1-4H3. The van der Waals surface area contributed by atoms with Crippen LogP contribution in [0.4, 0.5) is 0 Å². The zero-order valence-electron chi connectivity index (χ0n) is 32.7. The van der Waals surface area contributed by atoms with E-state index in [4.69, 9.17) is 18.8 Å². The molecule has 10 aromatic rings. The second-order valence-electron chi connectivity index (χ2n) is 17.0. The number of nitrogens with zero attached hydrogens (tertiary/aromatic N) is 2. The molecule has 0 atom stereocenters. The summed E-state index contributed by atoms with van der Waals surface area (Å²) in [6.07, 6.45) is 0. The van der Waals surface area contributed by atoms with Gasteiger partial charge in [0, 0.05) is 22.0 Å². The Kier molecular flexibility index (Phi) is 6.71. The highest BCUT2D eigenvalue weighted by atomic mass is 16.4. The molecule has 0 N–H and O–H groups in total. The van der Waals surface area contributed by atoms with Crippen LogP contribution in [0.2, 0.25) is 0 Å². The van der Waals surface area contributed by atoms with Crippen LogP contribution in [0.15, 0.2) is 167 Å². The molecule has 0 saturated heterocycles. The second kappa shape index (κ2) is 11.7. The first kappa shape index (κ1) is 33.1. The van der Waals surface area contributed by atoms with Gasteiger partial charge >= 0.3 is 0 Å². The summed E-state index contributed by atoms with van der Waals surface area (Å²) in [5.41, 5.74) is 20.0. The lowest BCUT2D eigenvalue weighted by Gasteiger charge is -2.24. The van der Waals surface area contributed by atoms with Crippen molar-refractivity contribution in [2.45, 2.75) is 38.5 Å². The van der Waals surface area contributed by atoms with Crippen LogP contribution in [-0.4, -0.2) is 9.97 Å². The molecular formula is C54H38N2O2. The van der Waals surface area contributed by atoms with E-state index in [-0.39, 0.29) is 10.8 Å². The third-order valence-corrected chi connectivity index (χ3v) is 12.9. The Hall–Kier alpha value is -7.04. The van der Waals surface area contributed by atoms with Gasteiger partial charge in [0.1, 0.15) is 11.0 Å². The highest BCUT2D eigenvalue weighted by Gasteiger charge is 2.38. The van der Waals surface area contributed by atoms with Crippen molar-refractivity contribution < 1.29 is 8.83 Å². The molecule has 12 rings (SSSR count). The molecule has 276 valence electrons. The molecule has 0 aliphatic heterocycles. The highest BCUT2D eigenvalue weighted by molar-refractivity contribution is 5.98. The normalized spacial score (nSPS) is 14.5. The summed E-state index contributed by atoms with van der Waals surface area (Å²) in [6.45, 7) is 9.48. The van der Waals surface area contributed by atoms with Gasteiger partial charge in [-0.2, -0.15) is 0 Å². The first-order valence-corrected chi connectivity index (χ1v) is 20.0. The molecule has 0 radical (unpaired) electrons. The number of rotatable bonds is 4. The van der Waals surface area contributed by atoms with E-state index >= 15 is 0 Å². The largest absolute Gasteiger partial charge is 0.436 e. The summed E-state index contributed by atoms with van der Waals surface area (Å²) >= 11 is 0. The fraction of sp³-hybridized carbons (Fsp3) is 0.111. The third kappa shape index (κ3) is 4.75. The van der Waals surface area contributed by atoms with Gasteiger partial charge in [0.25, 0.3) is 0 Å². The van der Waals surface area contributed by atoms with Crippen molar-refractivity contribution >= 4 is 33.0 Å². The Labute approximate surface area is 336 Å². The molecule has 58 heavy (non-hydrogen) atoms. The number of hydrogen-bond acceptors (Lipinski definition) is 4. The summed E-state index contributed by atoms with van der Waals surface area (Å²) in [7, 11) is 0. The maximum Gasteiger partial charge on any atom is 0.227 e. The first-order chi connectivity index (χ1) is 28.2. The van der Waals surface area contributed by atoms with Crippen molar-refractivity contribution in [3.63, 3.8) is 0 Å². The molecule has 8 aromatic carbocycles. The van der Waals surface area contributed by atoms with Crippen molar-refractivity contribution in [1.29, 1.82) is 0 Å². The van der Waals surface area contributed by atoms with Crippen molar-refractivity contribution in [3.05, 3.63) is 180 Å². The van der Waals surface area contributed by atoms with E-state index in [2.05, 4.69) is 137 Å². The van der Waals surface area contributed by atoms with E-state index in [0.717, 1.165) is 44.5 Å². The average molecular weight is 747 g/mol. The quantitative estimate of drug-likeness (QED) is 0.180. The number of benzene rings is 8. The molecule has 0 spiro atoms. The lowest BCUT2D eigenvalue weighted by molar-refractivity contribution is 0.617. The summed E-state index contributed by atoms with van der Waals surface area (Å²) in [5.74, 6) is 1.13. The number of oxazole rings is 2. The average Bonchev–Trinajstić information content (AvgIpc) is 4.00. The molecular weight excluding hydrogens is 709 g/mol. The maximum absolute atomic E-state index is 6.30. The molecule has 2 aliphatic rings. The molecule has 2 aliphatic carbocycles. The number of fused-ring (bicyclic) bond motifs is 10. The van der Waals surface area contributed by atoms with Crippen LogP contribution in [0, 0.1) is 0 Å². The second-order valence-corrected chi connectivity index (χ2v) is 17.0. The van der Waals surface area contributed by atoms with Gasteiger partial charge in [-0.05, 0) is 138 Å². The topological polar surface area (TPSA) is 52.1 Å². The summed E-state index contributed by atoms with van der Waals surface area (Å²) in [6, 6.07) is 56.6. The minimum absolute atomic E-state index is 0.109. The fourth-order valence-corrected chi connectivity index (χ4v) is 9.91. The maximum atomic E-state index is 6.30. The zero-order valence-corrected chi connectivity index (χ0v) is 32.7. The van der Waals surface area contributed by atoms with Gasteiger partial charge in [-0.25, -0.2) is 9.97 Å². The molecule has 0 unspecified atom stereocenters. The summed E-state index contributed by atoms with van der Waals surface area (Å²) in [5, 5.41) is 2.64. The van der Waals surface area contributed by atoms with Crippen molar-refractivity contribution in [2.24, 2.45) is 0 Å². The third-order valence-electron chi connectivity index (χ3n) is 12.9. The zero-order chi connectivity index (χ0) is 38.9. The Morgan fingerprint density at radius 3 is 1.40 bits per heavy atom. The van der Waals surface area contributed by atoms with Crippen LogP contribution < -0.4 is 0 Å². The predicted molar refractivity (Wildman–Crippen MR) is 236 cm³/mol. The fourth-order valence-electron chi connectivity index (χ4n) is 9.91. The van der Waals surface area contributed by atoms with Crippen LogP contribution in [0.25, 0.3) is 100 Å². The van der Waals surface area contributed by atoms with E-state index in [9.17, 15) is 0 Å². The van der Waals surface area contributed by atoms with Crippen LogP contribution in [0.3, 0.4) is 0 Å². The smallest absolute Gasteiger partial charge is 0.227 e. The lowest BCUT2D eigenvalue weighted by Crippen LogP contribution is -2.16. The van der Waals surface area contributed by atoms with Crippen LogP contribution in [0.1, 0.15) is 49.9 Å². The monoisotopic (exact) mass is 746 g/mol. The number of hydrogen-bond donors (Lipinski definition) is 0. The van der Waals surface area contributed by atoms with E-state index < -0.39 is 0 Å². The molecule has 4 heteroatoms. The number of aromatic nitrogens is 2. The van der Waals surface area contributed by atoms with Gasteiger partial charge in [0.05, 0.1) is 0 Å². The van der Waals surface area contributed by atoms with Gasteiger partial charge in [0.2, 0.25) is 11.8 Å². The van der Waals surface area contributed by atoms with E-state index in [1.54, 1.807) is 0 Å².